The van der Waals surface area contributed by atoms with Gasteiger partial charge in [-0.15, -0.1) is 0 Å². The quantitative estimate of drug-likeness (QED) is 0.746. The molecule has 0 bridgehead atoms. The highest BCUT2D eigenvalue weighted by Crippen LogP contribution is 2.29. The topological polar surface area (TPSA) is 32.8 Å². The Morgan fingerprint density at radius 2 is 2.15 bits per heavy atom. The molecular weight excluding hydrogens is 272 g/mol. The van der Waals surface area contributed by atoms with Crippen molar-refractivity contribution < 1.29 is 9.53 Å². The van der Waals surface area contributed by atoms with Crippen molar-refractivity contribution in [3.63, 3.8) is 0 Å². The van der Waals surface area contributed by atoms with Crippen LogP contribution in [0.4, 0.5) is 0 Å². The molecule has 1 amide bonds. The molecule has 3 atom stereocenters. The number of carbonyl (C=O) groups excluding carboxylic acids is 1. The molecule has 3 unspecified atom stereocenters. The Hall–Kier alpha value is -0.260. The molecule has 2 aliphatic heterocycles. The summed E-state index contributed by atoms with van der Waals surface area (Å²) >= 11 is 1.57. The van der Waals surface area contributed by atoms with E-state index in [9.17, 15) is 4.79 Å². The van der Waals surface area contributed by atoms with E-state index in [0.717, 1.165) is 32.6 Å². The Balaban J connectivity index is 1.95. The van der Waals surface area contributed by atoms with E-state index in [4.69, 9.17) is 4.74 Å². The van der Waals surface area contributed by atoms with E-state index >= 15 is 0 Å². The molecule has 0 N–H and O–H groups in total. The molecular formula is C15H28N2O2S. The van der Waals surface area contributed by atoms with Crippen LogP contribution in [0.3, 0.4) is 0 Å². The van der Waals surface area contributed by atoms with Gasteiger partial charge in [-0.1, -0.05) is 11.9 Å². The van der Waals surface area contributed by atoms with Crippen molar-refractivity contribution >= 4 is 17.9 Å². The second-order valence-corrected chi connectivity index (χ2v) is 7.16. The zero-order valence-electron chi connectivity index (χ0n) is 13.2. The minimum atomic E-state index is 0.294. The lowest BCUT2D eigenvalue weighted by molar-refractivity contribution is -0.129. The fraction of sp³-hybridized carbons (Fsp3) is 0.933. The third-order valence-corrected chi connectivity index (χ3v) is 5.28. The number of hydrogen-bond acceptors (Lipinski definition) is 4. The van der Waals surface area contributed by atoms with E-state index in [0.29, 0.717) is 36.4 Å². The number of amides is 1. The van der Waals surface area contributed by atoms with Gasteiger partial charge in [-0.25, -0.2) is 0 Å². The average molecular weight is 300 g/mol. The lowest BCUT2D eigenvalue weighted by Crippen LogP contribution is -2.55. The number of nitrogens with zero attached hydrogens (tertiary/aromatic N) is 2. The molecule has 2 heterocycles. The molecule has 0 spiro atoms. The molecule has 116 valence electrons. The molecule has 0 aromatic rings. The van der Waals surface area contributed by atoms with Crippen LogP contribution < -0.4 is 0 Å². The number of rotatable bonds is 4. The SMILES string of the molecule is CSN1CC(CC2COCC(C)N2C(C)C)CCC1=O. The molecule has 2 rings (SSSR count). The summed E-state index contributed by atoms with van der Waals surface area (Å²) in [6.45, 7) is 9.38. The predicted molar refractivity (Wildman–Crippen MR) is 83.6 cm³/mol. The highest BCUT2D eigenvalue weighted by Gasteiger charge is 2.34. The van der Waals surface area contributed by atoms with Gasteiger partial charge < -0.3 is 4.74 Å². The molecule has 2 aliphatic rings. The van der Waals surface area contributed by atoms with Gasteiger partial charge in [-0.05, 0) is 39.5 Å². The standard InChI is InChI=1S/C15H28N2O2S/c1-11(2)17-12(3)9-19-10-14(17)7-13-5-6-15(18)16(8-13)20-4/h11-14H,5-10H2,1-4H3. The van der Waals surface area contributed by atoms with E-state index in [-0.39, 0.29) is 0 Å². The molecule has 20 heavy (non-hydrogen) atoms. The first kappa shape index (κ1) is 16.1. The van der Waals surface area contributed by atoms with Gasteiger partial charge >= 0.3 is 0 Å². The van der Waals surface area contributed by atoms with Gasteiger partial charge in [0.05, 0.1) is 13.2 Å². The number of morpholine rings is 1. The first-order valence-electron chi connectivity index (χ1n) is 7.72. The van der Waals surface area contributed by atoms with E-state index in [1.807, 2.05) is 10.6 Å². The number of hydrogen-bond donors (Lipinski definition) is 0. The predicted octanol–water partition coefficient (Wildman–Crippen LogP) is 2.39. The fourth-order valence-electron chi connectivity index (χ4n) is 3.66. The summed E-state index contributed by atoms with van der Waals surface area (Å²) in [4.78, 5) is 14.4. The zero-order chi connectivity index (χ0) is 14.7. The second-order valence-electron chi connectivity index (χ2n) is 6.36. The van der Waals surface area contributed by atoms with Gasteiger partial charge in [-0.2, -0.15) is 0 Å². The van der Waals surface area contributed by atoms with Crippen LogP contribution in [0.15, 0.2) is 0 Å². The van der Waals surface area contributed by atoms with Gasteiger partial charge in [0.1, 0.15) is 0 Å². The summed E-state index contributed by atoms with van der Waals surface area (Å²) in [7, 11) is 0. The van der Waals surface area contributed by atoms with Crippen LogP contribution in [0, 0.1) is 5.92 Å². The van der Waals surface area contributed by atoms with Crippen molar-refractivity contribution in [2.24, 2.45) is 5.92 Å². The summed E-state index contributed by atoms with van der Waals surface area (Å²) in [5.74, 6) is 0.906. The van der Waals surface area contributed by atoms with Crippen LogP contribution >= 0.6 is 11.9 Å². The molecule has 0 aliphatic carbocycles. The summed E-state index contributed by atoms with van der Waals surface area (Å²) in [5, 5.41) is 0. The van der Waals surface area contributed by atoms with E-state index in [2.05, 4.69) is 25.7 Å². The van der Waals surface area contributed by atoms with Crippen LogP contribution in [0.2, 0.25) is 0 Å². The molecule has 2 saturated heterocycles. The van der Waals surface area contributed by atoms with Crippen molar-refractivity contribution in [1.29, 1.82) is 0 Å². The van der Waals surface area contributed by atoms with Crippen LogP contribution in [-0.2, 0) is 9.53 Å². The number of ether oxygens (including phenoxy) is 1. The van der Waals surface area contributed by atoms with Crippen molar-refractivity contribution in [2.75, 3.05) is 26.0 Å². The third kappa shape index (κ3) is 3.68. The maximum absolute atomic E-state index is 11.8. The molecule has 0 aromatic heterocycles. The largest absolute Gasteiger partial charge is 0.378 e. The Morgan fingerprint density at radius 1 is 1.40 bits per heavy atom. The normalized spacial score (nSPS) is 33.0. The summed E-state index contributed by atoms with van der Waals surface area (Å²) in [5.41, 5.74) is 0. The first-order chi connectivity index (χ1) is 9.52. The highest BCUT2D eigenvalue weighted by molar-refractivity contribution is 7.96. The van der Waals surface area contributed by atoms with Crippen molar-refractivity contribution in [3.05, 3.63) is 0 Å². The first-order valence-corrected chi connectivity index (χ1v) is 8.90. The lowest BCUT2D eigenvalue weighted by atomic mass is 9.90. The van der Waals surface area contributed by atoms with Gasteiger partial charge in [0.25, 0.3) is 0 Å². The van der Waals surface area contributed by atoms with Gasteiger partial charge in [0.15, 0.2) is 0 Å². The van der Waals surface area contributed by atoms with Crippen LogP contribution in [0.1, 0.15) is 40.0 Å². The van der Waals surface area contributed by atoms with Crippen LogP contribution in [0.5, 0.6) is 0 Å². The third-order valence-electron chi connectivity index (χ3n) is 4.49. The second kappa shape index (κ2) is 7.14. The van der Waals surface area contributed by atoms with Gasteiger partial charge in [0, 0.05) is 37.3 Å². The van der Waals surface area contributed by atoms with Crippen molar-refractivity contribution in [3.8, 4) is 0 Å². The average Bonchev–Trinajstić information content (AvgIpc) is 2.40. The summed E-state index contributed by atoms with van der Waals surface area (Å²) in [6, 6.07) is 1.55. The molecule has 4 nitrogen and oxygen atoms in total. The molecule has 5 heteroatoms. The fourth-order valence-corrected chi connectivity index (χ4v) is 4.32. The zero-order valence-corrected chi connectivity index (χ0v) is 14.0. The summed E-state index contributed by atoms with van der Waals surface area (Å²) in [6.07, 6.45) is 4.88. The monoisotopic (exact) mass is 300 g/mol. The van der Waals surface area contributed by atoms with E-state index in [1.165, 1.54) is 0 Å². The lowest BCUT2D eigenvalue weighted by Gasteiger charge is -2.45. The maximum Gasteiger partial charge on any atom is 0.232 e. The smallest absolute Gasteiger partial charge is 0.232 e. The van der Waals surface area contributed by atoms with Crippen molar-refractivity contribution in [1.82, 2.24) is 9.21 Å². The van der Waals surface area contributed by atoms with Gasteiger partial charge in [0.2, 0.25) is 5.91 Å². The highest BCUT2D eigenvalue weighted by atomic mass is 32.2. The number of piperidine rings is 1. The van der Waals surface area contributed by atoms with E-state index < -0.39 is 0 Å². The Labute approximate surface area is 127 Å². The van der Waals surface area contributed by atoms with E-state index in [1.54, 1.807) is 11.9 Å². The van der Waals surface area contributed by atoms with Crippen LogP contribution in [-0.4, -0.2) is 59.3 Å². The molecule has 0 saturated carbocycles. The molecule has 0 radical (unpaired) electrons. The maximum atomic E-state index is 11.8. The van der Waals surface area contributed by atoms with Crippen LogP contribution in [0.25, 0.3) is 0 Å². The Bertz CT molecular complexity index is 338. The van der Waals surface area contributed by atoms with Gasteiger partial charge in [-0.3, -0.25) is 14.0 Å². The molecule has 2 fully saturated rings. The Morgan fingerprint density at radius 3 is 2.80 bits per heavy atom. The number of carbonyl (C=O) groups is 1. The minimum Gasteiger partial charge on any atom is -0.378 e. The Kier molecular flexibility index (Phi) is 5.75. The van der Waals surface area contributed by atoms with Crippen molar-refractivity contribution in [2.45, 2.75) is 58.2 Å². The molecule has 0 aromatic carbocycles. The summed E-state index contributed by atoms with van der Waals surface area (Å²) < 4.78 is 7.69. The minimum absolute atomic E-state index is 0.294.